The van der Waals surface area contributed by atoms with Gasteiger partial charge in [0.15, 0.2) is 0 Å². The summed E-state index contributed by atoms with van der Waals surface area (Å²) in [5, 5.41) is 9.48. The second-order valence-corrected chi connectivity index (χ2v) is 4.90. The number of rotatable bonds is 2. The summed E-state index contributed by atoms with van der Waals surface area (Å²) in [5.41, 5.74) is 5.87. The van der Waals surface area contributed by atoms with E-state index in [1.54, 1.807) is 0 Å². The van der Waals surface area contributed by atoms with E-state index in [2.05, 4.69) is 10.2 Å². The Kier molecular flexibility index (Phi) is 2.98. The molecule has 2 N–H and O–H groups in total. The molecule has 78 valence electrons. The molecule has 1 aromatic heterocycles. The molecule has 0 bridgehead atoms. The summed E-state index contributed by atoms with van der Waals surface area (Å²) in [6.45, 7) is 1.93. The highest BCUT2D eigenvalue weighted by atomic mass is 32.1. The van der Waals surface area contributed by atoms with E-state index in [-0.39, 0.29) is 6.10 Å². The van der Waals surface area contributed by atoms with E-state index < -0.39 is 0 Å². The van der Waals surface area contributed by atoms with Gasteiger partial charge in [-0.3, -0.25) is 0 Å². The van der Waals surface area contributed by atoms with Gasteiger partial charge in [0.05, 0.1) is 0 Å². The fraction of sp³-hybridized carbons (Fsp3) is 0.778. The van der Waals surface area contributed by atoms with Crippen LogP contribution in [0.2, 0.25) is 0 Å². The molecule has 4 nitrogen and oxygen atoms in total. The molecule has 5 heteroatoms. The molecule has 1 saturated carbocycles. The number of hydrogen-bond acceptors (Lipinski definition) is 5. The molecule has 14 heavy (non-hydrogen) atoms. The van der Waals surface area contributed by atoms with Crippen molar-refractivity contribution in [2.75, 3.05) is 0 Å². The van der Waals surface area contributed by atoms with Gasteiger partial charge in [0.2, 0.25) is 0 Å². The third kappa shape index (κ3) is 2.42. The van der Waals surface area contributed by atoms with Crippen molar-refractivity contribution < 1.29 is 4.74 Å². The lowest BCUT2D eigenvalue weighted by atomic mass is 9.94. The van der Waals surface area contributed by atoms with Gasteiger partial charge in [-0.2, -0.15) is 0 Å². The first kappa shape index (κ1) is 9.86. The van der Waals surface area contributed by atoms with E-state index in [9.17, 15) is 0 Å². The third-order valence-electron chi connectivity index (χ3n) is 2.44. The molecule has 0 aliphatic heterocycles. The number of ether oxygens (including phenoxy) is 1. The van der Waals surface area contributed by atoms with Gasteiger partial charge in [0.25, 0.3) is 5.19 Å². The highest BCUT2D eigenvalue weighted by molar-refractivity contribution is 7.12. The van der Waals surface area contributed by atoms with Gasteiger partial charge < -0.3 is 10.5 Å². The Bertz CT molecular complexity index is 302. The lowest BCUT2D eigenvalue weighted by molar-refractivity contribution is 0.143. The summed E-state index contributed by atoms with van der Waals surface area (Å²) in [6, 6.07) is 0.294. The van der Waals surface area contributed by atoms with Crippen molar-refractivity contribution in [2.45, 2.75) is 44.8 Å². The fourth-order valence-corrected chi connectivity index (χ4v) is 2.36. The molecule has 0 amide bonds. The zero-order chi connectivity index (χ0) is 9.97. The van der Waals surface area contributed by atoms with Gasteiger partial charge >= 0.3 is 0 Å². The van der Waals surface area contributed by atoms with Gasteiger partial charge in [-0.25, -0.2) is 0 Å². The van der Waals surface area contributed by atoms with Gasteiger partial charge in [0.1, 0.15) is 11.1 Å². The van der Waals surface area contributed by atoms with E-state index >= 15 is 0 Å². The minimum atomic E-state index is 0.242. The Labute approximate surface area is 87.5 Å². The number of hydrogen-bond donors (Lipinski definition) is 1. The Hall–Kier alpha value is -0.680. The summed E-state index contributed by atoms with van der Waals surface area (Å²) in [7, 11) is 0. The molecule has 2 atom stereocenters. The van der Waals surface area contributed by atoms with Crippen molar-refractivity contribution in [1.29, 1.82) is 0 Å². The molecule has 0 spiro atoms. The number of nitrogens with two attached hydrogens (primary N) is 1. The Balaban J connectivity index is 1.90. The van der Waals surface area contributed by atoms with Crippen LogP contribution in [0.5, 0.6) is 5.19 Å². The highest BCUT2D eigenvalue weighted by Crippen LogP contribution is 2.24. The van der Waals surface area contributed by atoms with Crippen LogP contribution in [0.15, 0.2) is 0 Å². The van der Waals surface area contributed by atoms with E-state index in [4.69, 9.17) is 10.5 Å². The zero-order valence-electron chi connectivity index (χ0n) is 8.27. The third-order valence-corrected chi connectivity index (χ3v) is 3.17. The predicted octanol–water partition coefficient (Wildman–Crippen LogP) is 1.50. The minimum absolute atomic E-state index is 0.242. The van der Waals surface area contributed by atoms with Gasteiger partial charge in [-0.15, -0.1) is 10.2 Å². The van der Waals surface area contributed by atoms with Crippen LogP contribution in [0.1, 0.15) is 30.7 Å². The van der Waals surface area contributed by atoms with Crippen LogP contribution in [0.25, 0.3) is 0 Å². The number of nitrogens with zero attached hydrogens (tertiary/aromatic N) is 2. The number of aryl methyl sites for hydroxylation is 1. The van der Waals surface area contributed by atoms with E-state index in [0.29, 0.717) is 11.2 Å². The average Bonchev–Trinajstić information content (AvgIpc) is 2.51. The molecule has 1 fully saturated rings. The summed E-state index contributed by atoms with van der Waals surface area (Å²) in [4.78, 5) is 0. The van der Waals surface area contributed by atoms with Crippen LogP contribution < -0.4 is 10.5 Å². The van der Waals surface area contributed by atoms with Crippen molar-refractivity contribution in [3.63, 3.8) is 0 Å². The molecule has 2 unspecified atom stereocenters. The Morgan fingerprint density at radius 2 is 2.29 bits per heavy atom. The van der Waals surface area contributed by atoms with E-state index in [0.717, 1.165) is 30.7 Å². The first-order valence-corrected chi connectivity index (χ1v) is 5.78. The maximum absolute atomic E-state index is 5.87. The lowest BCUT2D eigenvalue weighted by Crippen LogP contribution is -2.33. The molecule has 0 radical (unpaired) electrons. The Morgan fingerprint density at radius 1 is 1.43 bits per heavy atom. The van der Waals surface area contributed by atoms with Crippen LogP contribution in [0, 0.1) is 6.92 Å². The highest BCUT2D eigenvalue weighted by Gasteiger charge is 2.21. The van der Waals surface area contributed by atoms with E-state index in [1.165, 1.54) is 11.3 Å². The van der Waals surface area contributed by atoms with Crippen molar-refractivity contribution >= 4 is 11.3 Å². The largest absolute Gasteiger partial charge is 0.466 e. The summed E-state index contributed by atoms with van der Waals surface area (Å²) >= 11 is 1.50. The van der Waals surface area contributed by atoms with Crippen LogP contribution in [-0.2, 0) is 0 Å². The summed E-state index contributed by atoms with van der Waals surface area (Å²) in [6.07, 6.45) is 4.55. The molecule has 0 aromatic carbocycles. The molecule has 1 aliphatic carbocycles. The molecule has 1 aromatic rings. The topological polar surface area (TPSA) is 61.0 Å². The van der Waals surface area contributed by atoms with Gasteiger partial charge in [-0.1, -0.05) is 11.3 Å². The van der Waals surface area contributed by atoms with Crippen LogP contribution >= 0.6 is 11.3 Å². The standard InChI is InChI=1S/C9H15N3OS/c1-6-11-12-9(14-6)13-8-4-2-3-7(10)5-8/h7-8H,2-5,10H2,1H3. The van der Waals surface area contributed by atoms with Crippen LogP contribution in [0.4, 0.5) is 0 Å². The van der Waals surface area contributed by atoms with Crippen molar-refractivity contribution in [1.82, 2.24) is 10.2 Å². The first-order chi connectivity index (χ1) is 6.74. The molecule has 2 rings (SSSR count). The molecule has 0 saturated heterocycles. The van der Waals surface area contributed by atoms with Crippen molar-refractivity contribution in [2.24, 2.45) is 5.73 Å². The predicted molar refractivity (Wildman–Crippen MR) is 55.5 cm³/mol. The first-order valence-electron chi connectivity index (χ1n) is 4.96. The second-order valence-electron chi connectivity index (χ2n) is 3.75. The summed E-state index contributed by atoms with van der Waals surface area (Å²) in [5.74, 6) is 0. The summed E-state index contributed by atoms with van der Waals surface area (Å²) < 4.78 is 5.71. The maximum atomic E-state index is 5.87. The monoisotopic (exact) mass is 213 g/mol. The van der Waals surface area contributed by atoms with Crippen LogP contribution in [0.3, 0.4) is 0 Å². The van der Waals surface area contributed by atoms with Gasteiger partial charge in [0, 0.05) is 6.04 Å². The van der Waals surface area contributed by atoms with Crippen LogP contribution in [-0.4, -0.2) is 22.3 Å². The molecule has 1 aliphatic rings. The minimum Gasteiger partial charge on any atom is -0.466 e. The number of aromatic nitrogens is 2. The molecular formula is C9H15N3OS. The Morgan fingerprint density at radius 3 is 2.93 bits per heavy atom. The second kappa shape index (κ2) is 4.23. The fourth-order valence-electron chi connectivity index (χ4n) is 1.76. The zero-order valence-corrected chi connectivity index (χ0v) is 9.09. The quantitative estimate of drug-likeness (QED) is 0.808. The van der Waals surface area contributed by atoms with Gasteiger partial charge in [-0.05, 0) is 32.6 Å². The maximum Gasteiger partial charge on any atom is 0.294 e. The lowest BCUT2D eigenvalue weighted by Gasteiger charge is -2.25. The normalized spacial score (nSPS) is 27.6. The molecular weight excluding hydrogens is 198 g/mol. The van der Waals surface area contributed by atoms with Crippen molar-refractivity contribution in [3.8, 4) is 5.19 Å². The smallest absolute Gasteiger partial charge is 0.294 e. The van der Waals surface area contributed by atoms with E-state index in [1.807, 2.05) is 6.92 Å². The molecule has 1 heterocycles. The SMILES string of the molecule is Cc1nnc(OC2CCCC(N)C2)s1. The van der Waals surface area contributed by atoms with Crippen molar-refractivity contribution in [3.05, 3.63) is 5.01 Å². The average molecular weight is 213 g/mol.